The SMILES string of the molecule is Cc1c(N=CC2=C(O)CC(C)(C)CC2=O)c(=O)n(-c2ccccc2)n1C. The normalized spacial score (nSPS) is 17.3. The first-order valence-corrected chi connectivity index (χ1v) is 8.55. The van der Waals surface area contributed by atoms with E-state index in [-0.39, 0.29) is 33.8 Å². The molecular weight excluding hydrogens is 330 g/mol. The highest BCUT2D eigenvalue weighted by Crippen LogP contribution is 2.35. The lowest BCUT2D eigenvalue weighted by Crippen LogP contribution is -2.26. The Bertz CT molecular complexity index is 976. The topological polar surface area (TPSA) is 76.6 Å². The lowest BCUT2D eigenvalue weighted by atomic mass is 9.77. The van der Waals surface area contributed by atoms with Crippen LogP contribution in [0.3, 0.4) is 0 Å². The monoisotopic (exact) mass is 353 g/mol. The largest absolute Gasteiger partial charge is 0.511 e. The van der Waals surface area contributed by atoms with Gasteiger partial charge in [0.05, 0.1) is 17.0 Å². The quantitative estimate of drug-likeness (QED) is 0.859. The number of aliphatic hydroxyl groups excluding tert-OH is 1. The fourth-order valence-corrected chi connectivity index (χ4v) is 3.28. The van der Waals surface area contributed by atoms with E-state index in [4.69, 9.17) is 0 Å². The van der Waals surface area contributed by atoms with Crippen LogP contribution in [-0.2, 0) is 11.8 Å². The van der Waals surface area contributed by atoms with Gasteiger partial charge in [0.1, 0.15) is 5.76 Å². The molecule has 0 fully saturated rings. The highest BCUT2D eigenvalue weighted by molar-refractivity contribution is 6.14. The van der Waals surface area contributed by atoms with E-state index >= 15 is 0 Å². The van der Waals surface area contributed by atoms with E-state index in [1.807, 2.05) is 44.2 Å². The Hall–Kier alpha value is -2.89. The molecule has 6 heteroatoms. The highest BCUT2D eigenvalue weighted by atomic mass is 16.3. The summed E-state index contributed by atoms with van der Waals surface area (Å²) in [4.78, 5) is 29.4. The van der Waals surface area contributed by atoms with Gasteiger partial charge in [-0.1, -0.05) is 32.0 Å². The van der Waals surface area contributed by atoms with Crippen molar-refractivity contribution in [1.29, 1.82) is 0 Å². The van der Waals surface area contributed by atoms with E-state index in [1.54, 1.807) is 18.7 Å². The van der Waals surface area contributed by atoms with Crippen molar-refractivity contribution >= 4 is 17.7 Å². The van der Waals surface area contributed by atoms with Crippen molar-refractivity contribution in [2.45, 2.75) is 33.6 Å². The molecule has 0 amide bonds. The predicted molar refractivity (Wildman–Crippen MR) is 102 cm³/mol. The van der Waals surface area contributed by atoms with Crippen LogP contribution in [-0.4, -0.2) is 26.5 Å². The van der Waals surface area contributed by atoms with Crippen LogP contribution in [0.5, 0.6) is 0 Å². The molecule has 0 radical (unpaired) electrons. The minimum absolute atomic E-state index is 0.0342. The summed E-state index contributed by atoms with van der Waals surface area (Å²) in [7, 11) is 1.79. The van der Waals surface area contributed by atoms with Crippen LogP contribution >= 0.6 is 0 Å². The van der Waals surface area contributed by atoms with Crippen LogP contribution in [0.15, 0.2) is 51.5 Å². The third-order valence-corrected chi connectivity index (χ3v) is 4.74. The van der Waals surface area contributed by atoms with Gasteiger partial charge in [-0.15, -0.1) is 0 Å². The highest BCUT2D eigenvalue weighted by Gasteiger charge is 2.32. The lowest BCUT2D eigenvalue weighted by Gasteiger charge is -2.28. The number of aromatic nitrogens is 2. The number of hydrogen-bond donors (Lipinski definition) is 1. The third-order valence-electron chi connectivity index (χ3n) is 4.74. The molecule has 1 aliphatic rings. The van der Waals surface area contributed by atoms with Crippen LogP contribution in [0.25, 0.3) is 5.69 Å². The molecule has 1 aliphatic carbocycles. The molecule has 1 aromatic heterocycles. The molecule has 0 unspecified atom stereocenters. The standard InChI is InChI=1S/C20H23N3O3/c1-13-18(19(26)23(22(13)4)14-8-6-5-7-9-14)21-12-15-16(24)10-20(2,3)11-17(15)25/h5-9,12,24H,10-11H2,1-4H3. The van der Waals surface area contributed by atoms with Gasteiger partial charge in [0.15, 0.2) is 11.5 Å². The zero-order valence-corrected chi connectivity index (χ0v) is 15.5. The summed E-state index contributed by atoms with van der Waals surface area (Å²) < 4.78 is 3.26. The average molecular weight is 353 g/mol. The van der Waals surface area contributed by atoms with E-state index in [0.717, 1.165) is 5.69 Å². The number of aliphatic hydroxyl groups is 1. The summed E-state index contributed by atoms with van der Waals surface area (Å²) in [6.45, 7) is 5.68. The smallest absolute Gasteiger partial charge is 0.297 e. The molecule has 0 atom stereocenters. The van der Waals surface area contributed by atoms with Crippen LogP contribution in [0.4, 0.5) is 5.69 Å². The molecule has 3 rings (SSSR count). The Balaban J connectivity index is 2.03. The van der Waals surface area contributed by atoms with Crippen molar-refractivity contribution in [3.63, 3.8) is 0 Å². The van der Waals surface area contributed by atoms with E-state index in [1.165, 1.54) is 10.9 Å². The molecule has 0 spiro atoms. The van der Waals surface area contributed by atoms with Gasteiger partial charge in [-0.3, -0.25) is 14.3 Å². The van der Waals surface area contributed by atoms with Gasteiger partial charge in [-0.2, -0.15) is 0 Å². The van der Waals surface area contributed by atoms with Crippen LogP contribution in [0.1, 0.15) is 32.4 Å². The van der Waals surface area contributed by atoms with Gasteiger partial charge in [-0.05, 0) is 24.5 Å². The summed E-state index contributed by atoms with van der Waals surface area (Å²) in [5.74, 6) is -0.119. The first-order chi connectivity index (χ1) is 12.2. The van der Waals surface area contributed by atoms with E-state index in [2.05, 4.69) is 4.99 Å². The Labute approximate surface area is 152 Å². The molecule has 136 valence electrons. The maximum absolute atomic E-state index is 12.8. The summed E-state index contributed by atoms with van der Waals surface area (Å²) >= 11 is 0. The molecule has 6 nitrogen and oxygen atoms in total. The van der Waals surface area contributed by atoms with Crippen LogP contribution < -0.4 is 5.56 Å². The van der Waals surface area contributed by atoms with E-state index in [0.29, 0.717) is 18.5 Å². The van der Waals surface area contributed by atoms with Crippen molar-refractivity contribution in [3.8, 4) is 5.69 Å². The Morgan fingerprint density at radius 3 is 2.42 bits per heavy atom. The molecule has 1 aromatic carbocycles. The van der Waals surface area contributed by atoms with Crippen LogP contribution in [0, 0.1) is 12.3 Å². The lowest BCUT2D eigenvalue weighted by molar-refractivity contribution is -0.117. The zero-order chi connectivity index (χ0) is 19.1. The summed E-state index contributed by atoms with van der Waals surface area (Å²) in [5, 5.41) is 10.2. The number of carbonyl (C=O) groups is 1. The van der Waals surface area contributed by atoms with Gasteiger partial charge in [0, 0.05) is 26.1 Å². The van der Waals surface area contributed by atoms with Crippen molar-refractivity contribution in [2.24, 2.45) is 17.5 Å². The molecule has 0 aliphatic heterocycles. The van der Waals surface area contributed by atoms with Gasteiger partial charge in [0.25, 0.3) is 5.56 Å². The van der Waals surface area contributed by atoms with Crippen molar-refractivity contribution in [1.82, 2.24) is 9.36 Å². The average Bonchev–Trinajstić information content (AvgIpc) is 2.77. The fourth-order valence-electron chi connectivity index (χ4n) is 3.28. The number of benzene rings is 1. The number of allylic oxidation sites excluding steroid dienone is 2. The Morgan fingerprint density at radius 1 is 1.15 bits per heavy atom. The molecule has 0 saturated carbocycles. The number of hydrogen-bond acceptors (Lipinski definition) is 4. The molecule has 2 aromatic rings. The van der Waals surface area contributed by atoms with Crippen molar-refractivity contribution < 1.29 is 9.90 Å². The molecule has 0 saturated heterocycles. The second-order valence-electron chi connectivity index (χ2n) is 7.47. The first-order valence-electron chi connectivity index (χ1n) is 8.55. The number of nitrogens with zero attached hydrogens (tertiary/aromatic N) is 3. The summed E-state index contributed by atoms with van der Waals surface area (Å²) in [5.41, 5.74) is 1.34. The molecule has 0 bridgehead atoms. The van der Waals surface area contributed by atoms with E-state index < -0.39 is 0 Å². The number of ketones is 1. The maximum atomic E-state index is 12.8. The van der Waals surface area contributed by atoms with Gasteiger partial charge >= 0.3 is 0 Å². The van der Waals surface area contributed by atoms with Gasteiger partial charge < -0.3 is 5.11 Å². The number of aliphatic imine (C=N–C) groups is 1. The third kappa shape index (κ3) is 3.14. The first kappa shape index (κ1) is 17.9. The number of rotatable bonds is 3. The second-order valence-corrected chi connectivity index (χ2v) is 7.47. The van der Waals surface area contributed by atoms with Gasteiger partial charge in [0.2, 0.25) is 0 Å². The van der Waals surface area contributed by atoms with Crippen molar-refractivity contribution in [2.75, 3.05) is 0 Å². The molecule has 1 heterocycles. The Morgan fingerprint density at radius 2 is 1.81 bits per heavy atom. The molecule has 26 heavy (non-hydrogen) atoms. The molecular formula is C20H23N3O3. The Kier molecular flexibility index (Phi) is 4.44. The zero-order valence-electron chi connectivity index (χ0n) is 15.5. The minimum Gasteiger partial charge on any atom is -0.511 e. The van der Waals surface area contributed by atoms with Crippen molar-refractivity contribution in [3.05, 3.63) is 57.7 Å². The molecule has 1 N–H and O–H groups in total. The maximum Gasteiger partial charge on any atom is 0.297 e. The summed E-state index contributed by atoms with van der Waals surface area (Å²) in [6.07, 6.45) is 2.09. The fraction of sp³-hybridized carbons (Fsp3) is 0.350. The predicted octanol–water partition coefficient (Wildman–Crippen LogP) is 3.39. The number of Topliss-reactive ketones (excluding diaryl/α,β-unsaturated/α-hetero) is 1. The van der Waals surface area contributed by atoms with E-state index in [9.17, 15) is 14.7 Å². The minimum atomic E-state index is -0.267. The number of carbonyl (C=O) groups excluding carboxylic acids is 1. The number of para-hydroxylation sites is 1. The summed E-state index contributed by atoms with van der Waals surface area (Å²) in [6, 6.07) is 9.29. The van der Waals surface area contributed by atoms with Crippen LogP contribution in [0.2, 0.25) is 0 Å². The van der Waals surface area contributed by atoms with Gasteiger partial charge in [-0.25, -0.2) is 9.67 Å². The second kappa shape index (κ2) is 6.44.